The van der Waals surface area contributed by atoms with Crippen molar-refractivity contribution in [3.05, 3.63) is 161 Å². The largest absolute Gasteiger partial charge is 0.339 e. The molecule has 7 aromatic rings. The van der Waals surface area contributed by atoms with Crippen molar-refractivity contribution in [2.75, 3.05) is 0 Å². The molecule has 0 saturated heterocycles. The van der Waals surface area contributed by atoms with E-state index >= 15 is 0 Å². The van der Waals surface area contributed by atoms with Crippen molar-refractivity contribution >= 4 is 50.1 Å². The van der Waals surface area contributed by atoms with E-state index in [0.29, 0.717) is 17.1 Å². The first-order valence-electron chi connectivity index (χ1n) is 17.4. The molecule has 4 nitrogen and oxygen atoms in total. The SMILES string of the molecule is CC1CC=Cc2c1n(Cc1ccc(-c3cccc(C4=C(n5c6ccccc6c6cc(C#N)ccc65)CCC=C4C#N)c3)cc1)c1ccccc21. The van der Waals surface area contributed by atoms with Gasteiger partial charge in [0.25, 0.3) is 0 Å². The van der Waals surface area contributed by atoms with Crippen LogP contribution in [-0.4, -0.2) is 9.13 Å². The molecule has 0 saturated carbocycles. The molecule has 238 valence electrons. The van der Waals surface area contributed by atoms with Gasteiger partial charge in [0.1, 0.15) is 0 Å². The van der Waals surface area contributed by atoms with E-state index in [9.17, 15) is 10.5 Å². The highest BCUT2D eigenvalue weighted by atomic mass is 15.0. The van der Waals surface area contributed by atoms with Crippen LogP contribution in [0.3, 0.4) is 0 Å². The highest BCUT2D eigenvalue weighted by Gasteiger charge is 2.24. The van der Waals surface area contributed by atoms with Crippen LogP contribution in [0.1, 0.15) is 60.1 Å². The van der Waals surface area contributed by atoms with E-state index in [4.69, 9.17) is 0 Å². The molecule has 2 aliphatic carbocycles. The van der Waals surface area contributed by atoms with E-state index < -0.39 is 0 Å². The maximum Gasteiger partial charge on any atom is 0.0995 e. The fourth-order valence-electron chi connectivity index (χ4n) is 8.28. The standard InChI is InChI=1S/C46H34N4/c1-30-9-6-15-39-37-13-2-4-16-41(37)49(46(30)39)29-31-19-22-33(23-20-31)34-10-7-11-35(26-34)45-36(28-48)12-8-18-44(45)50-42-17-5-3-14-38(42)40-25-32(27-47)21-24-43(40)50/h2-7,10-17,19-26,30H,8-9,18,29H2,1H3. The lowest BCUT2D eigenvalue weighted by atomic mass is 9.88. The van der Waals surface area contributed by atoms with Gasteiger partial charge in [-0.25, -0.2) is 0 Å². The van der Waals surface area contributed by atoms with Crippen LogP contribution < -0.4 is 0 Å². The molecule has 9 rings (SSSR count). The zero-order chi connectivity index (χ0) is 33.8. The third-order valence-corrected chi connectivity index (χ3v) is 10.6. The molecular formula is C46H34N4. The Balaban J connectivity index is 1.12. The predicted molar refractivity (Wildman–Crippen MR) is 205 cm³/mol. The molecular weight excluding hydrogens is 609 g/mol. The summed E-state index contributed by atoms with van der Waals surface area (Å²) < 4.78 is 4.82. The summed E-state index contributed by atoms with van der Waals surface area (Å²) in [4.78, 5) is 0. The molecule has 0 bridgehead atoms. The van der Waals surface area contributed by atoms with E-state index in [1.165, 1.54) is 27.7 Å². The van der Waals surface area contributed by atoms with E-state index in [1.54, 1.807) is 0 Å². The average molecular weight is 643 g/mol. The molecule has 0 radical (unpaired) electrons. The fourth-order valence-corrected chi connectivity index (χ4v) is 8.28. The third kappa shape index (κ3) is 4.73. The lowest BCUT2D eigenvalue weighted by molar-refractivity contribution is 0.668. The molecule has 0 amide bonds. The second kappa shape index (κ2) is 12.0. The lowest BCUT2D eigenvalue weighted by Crippen LogP contribution is -2.09. The van der Waals surface area contributed by atoms with Gasteiger partial charge < -0.3 is 9.13 Å². The molecule has 0 aliphatic heterocycles. The van der Waals surface area contributed by atoms with Gasteiger partial charge in [0.2, 0.25) is 0 Å². The van der Waals surface area contributed by atoms with Crippen LogP contribution >= 0.6 is 0 Å². The van der Waals surface area contributed by atoms with Crippen molar-refractivity contribution in [3.8, 4) is 23.3 Å². The second-order valence-corrected chi connectivity index (χ2v) is 13.5. The number of aromatic nitrogens is 2. The van der Waals surface area contributed by atoms with Crippen LogP contribution in [0.2, 0.25) is 0 Å². The van der Waals surface area contributed by atoms with Crippen molar-refractivity contribution in [2.24, 2.45) is 0 Å². The summed E-state index contributed by atoms with van der Waals surface area (Å²) in [6, 6.07) is 45.5. The van der Waals surface area contributed by atoms with Crippen molar-refractivity contribution in [1.82, 2.24) is 9.13 Å². The van der Waals surface area contributed by atoms with Gasteiger partial charge in [-0.15, -0.1) is 0 Å². The summed E-state index contributed by atoms with van der Waals surface area (Å²) >= 11 is 0. The number of allylic oxidation sites excluding steroid dienone is 5. The molecule has 2 aliphatic rings. The number of fused-ring (bicyclic) bond motifs is 6. The molecule has 5 aromatic carbocycles. The molecule has 0 fully saturated rings. The number of nitrogens with zero attached hydrogens (tertiary/aromatic N) is 4. The van der Waals surface area contributed by atoms with Gasteiger partial charge in [0, 0.05) is 56.7 Å². The number of benzene rings is 5. The first-order valence-corrected chi connectivity index (χ1v) is 17.4. The molecule has 4 heteroatoms. The van der Waals surface area contributed by atoms with Gasteiger partial charge in [0.05, 0.1) is 34.3 Å². The van der Waals surface area contributed by atoms with Gasteiger partial charge in [-0.05, 0) is 77.9 Å². The normalized spacial score (nSPS) is 15.7. The highest BCUT2D eigenvalue weighted by Crippen LogP contribution is 2.42. The summed E-state index contributed by atoms with van der Waals surface area (Å²) in [7, 11) is 0. The summed E-state index contributed by atoms with van der Waals surface area (Å²) in [5.41, 5.74) is 14.2. The van der Waals surface area contributed by atoms with Crippen LogP contribution in [0.15, 0.2) is 133 Å². The second-order valence-electron chi connectivity index (χ2n) is 13.5. The van der Waals surface area contributed by atoms with Gasteiger partial charge >= 0.3 is 0 Å². The molecule has 1 atom stereocenters. The zero-order valence-electron chi connectivity index (χ0n) is 27.9. The first-order chi connectivity index (χ1) is 24.6. The smallest absolute Gasteiger partial charge is 0.0995 e. The Hall–Kier alpha value is -6.36. The third-order valence-electron chi connectivity index (χ3n) is 10.6. The molecule has 50 heavy (non-hydrogen) atoms. The van der Waals surface area contributed by atoms with Crippen molar-refractivity contribution in [1.29, 1.82) is 10.5 Å². The number of hydrogen-bond acceptors (Lipinski definition) is 2. The van der Waals surface area contributed by atoms with Crippen LogP contribution in [-0.2, 0) is 6.54 Å². The number of rotatable bonds is 5. The molecule has 1 unspecified atom stereocenters. The minimum absolute atomic E-state index is 0.480. The maximum absolute atomic E-state index is 10.4. The monoisotopic (exact) mass is 642 g/mol. The minimum atomic E-state index is 0.480. The quantitative estimate of drug-likeness (QED) is 0.188. The Morgan fingerprint density at radius 2 is 1.46 bits per heavy atom. The highest BCUT2D eigenvalue weighted by molar-refractivity contribution is 6.12. The van der Waals surface area contributed by atoms with Crippen LogP contribution in [0.4, 0.5) is 0 Å². The molecule has 0 N–H and O–H groups in total. The zero-order valence-corrected chi connectivity index (χ0v) is 27.9. The van der Waals surface area contributed by atoms with Gasteiger partial charge in [-0.2, -0.15) is 10.5 Å². The van der Waals surface area contributed by atoms with E-state index in [1.807, 2.05) is 24.3 Å². The number of para-hydroxylation sites is 2. The van der Waals surface area contributed by atoms with E-state index in [2.05, 4.69) is 137 Å². The summed E-state index contributed by atoms with van der Waals surface area (Å²) in [5.74, 6) is 0.480. The number of hydrogen-bond donors (Lipinski definition) is 0. The lowest BCUT2D eigenvalue weighted by Gasteiger charge is -2.22. The summed E-state index contributed by atoms with van der Waals surface area (Å²) in [6.07, 6.45) is 9.35. The van der Waals surface area contributed by atoms with Crippen LogP contribution in [0.25, 0.3) is 61.2 Å². The van der Waals surface area contributed by atoms with Gasteiger partial charge in [0.15, 0.2) is 0 Å². The topological polar surface area (TPSA) is 57.4 Å². The van der Waals surface area contributed by atoms with Crippen LogP contribution in [0.5, 0.6) is 0 Å². The fraction of sp³-hybridized carbons (Fsp3) is 0.130. The van der Waals surface area contributed by atoms with E-state index in [-0.39, 0.29) is 0 Å². The average Bonchev–Trinajstić information content (AvgIpc) is 3.67. The summed E-state index contributed by atoms with van der Waals surface area (Å²) in [5, 5.41) is 23.5. The molecule has 0 spiro atoms. The van der Waals surface area contributed by atoms with Gasteiger partial charge in [-0.3, -0.25) is 0 Å². The first kappa shape index (κ1) is 29.8. The van der Waals surface area contributed by atoms with Crippen LogP contribution in [0, 0.1) is 22.7 Å². The Labute approximate surface area is 291 Å². The molecule has 2 aromatic heterocycles. The summed E-state index contributed by atoms with van der Waals surface area (Å²) in [6.45, 7) is 3.16. The Bertz CT molecular complexity index is 2680. The minimum Gasteiger partial charge on any atom is -0.339 e. The van der Waals surface area contributed by atoms with E-state index in [0.717, 1.165) is 75.6 Å². The Morgan fingerprint density at radius 1 is 0.700 bits per heavy atom. The molecule has 2 heterocycles. The van der Waals surface area contributed by atoms with Crippen molar-refractivity contribution in [2.45, 2.75) is 38.6 Å². The van der Waals surface area contributed by atoms with Crippen molar-refractivity contribution < 1.29 is 0 Å². The Kier molecular flexibility index (Phi) is 7.11. The Morgan fingerprint density at radius 3 is 2.28 bits per heavy atom. The predicted octanol–water partition coefficient (Wildman–Crippen LogP) is 11.5. The number of nitriles is 2. The maximum atomic E-state index is 10.4. The van der Waals surface area contributed by atoms with Gasteiger partial charge in [-0.1, -0.05) is 104 Å². The van der Waals surface area contributed by atoms with Crippen molar-refractivity contribution in [3.63, 3.8) is 0 Å².